The maximum Gasteiger partial charge on any atom is 0.191 e. The molecule has 3 atom stereocenters. The van der Waals surface area contributed by atoms with E-state index >= 15 is 0 Å². The van der Waals surface area contributed by atoms with Crippen molar-refractivity contribution in [1.82, 2.24) is 25.3 Å². The first-order chi connectivity index (χ1) is 12.0. The van der Waals surface area contributed by atoms with E-state index in [1.165, 1.54) is 30.6 Å². The molecule has 1 saturated carbocycles. The molecular weight excluding hydrogens is 459 g/mol. The van der Waals surface area contributed by atoms with Crippen molar-refractivity contribution >= 4 is 41.7 Å². The van der Waals surface area contributed by atoms with Gasteiger partial charge in [-0.2, -0.15) is 16.9 Å². The zero-order valence-corrected chi connectivity index (χ0v) is 19.9. The van der Waals surface area contributed by atoms with Crippen molar-refractivity contribution in [2.45, 2.75) is 50.4 Å². The molecule has 2 rings (SSSR count). The summed E-state index contributed by atoms with van der Waals surface area (Å²) in [5.41, 5.74) is 1.20. The Balaban J connectivity index is 0.00000338. The molecule has 0 aromatic carbocycles. The zero-order chi connectivity index (χ0) is 18.2. The Morgan fingerprint density at radius 3 is 2.77 bits per heavy atom. The summed E-state index contributed by atoms with van der Waals surface area (Å²) in [4.78, 5) is 7.07. The highest BCUT2D eigenvalue weighted by Crippen LogP contribution is 2.29. The van der Waals surface area contributed by atoms with E-state index in [0.29, 0.717) is 12.6 Å². The normalized spacial score (nSPS) is 21.5. The summed E-state index contributed by atoms with van der Waals surface area (Å²) in [6, 6.07) is 0.772. The van der Waals surface area contributed by atoms with Gasteiger partial charge in [0.25, 0.3) is 0 Å². The Morgan fingerprint density at radius 1 is 1.42 bits per heavy atom. The quantitative estimate of drug-likeness (QED) is 0.331. The second kappa shape index (κ2) is 12.1. The molecule has 0 bridgehead atoms. The first kappa shape index (κ1) is 23.6. The lowest BCUT2D eigenvalue weighted by molar-refractivity contribution is 0.306. The third-order valence-corrected chi connectivity index (χ3v) is 5.86. The average molecular weight is 494 g/mol. The van der Waals surface area contributed by atoms with Gasteiger partial charge in [0.15, 0.2) is 5.96 Å². The number of aromatic nitrogens is 2. The van der Waals surface area contributed by atoms with Crippen molar-refractivity contribution in [3.63, 3.8) is 0 Å². The van der Waals surface area contributed by atoms with Gasteiger partial charge in [0.2, 0.25) is 0 Å². The van der Waals surface area contributed by atoms with Crippen LogP contribution in [0.15, 0.2) is 17.4 Å². The zero-order valence-electron chi connectivity index (χ0n) is 16.7. The number of guanidine groups is 1. The van der Waals surface area contributed by atoms with Crippen molar-refractivity contribution < 1.29 is 0 Å². The van der Waals surface area contributed by atoms with E-state index in [1.54, 1.807) is 0 Å². The van der Waals surface area contributed by atoms with Crippen LogP contribution in [0.1, 0.15) is 44.7 Å². The van der Waals surface area contributed by atoms with Crippen LogP contribution < -0.4 is 10.6 Å². The van der Waals surface area contributed by atoms with Crippen LogP contribution in [0.3, 0.4) is 0 Å². The van der Waals surface area contributed by atoms with Gasteiger partial charge in [-0.1, -0.05) is 6.92 Å². The molecule has 8 heteroatoms. The number of hydrogen-bond donors (Lipinski definition) is 2. The van der Waals surface area contributed by atoms with E-state index < -0.39 is 0 Å². The molecule has 1 aliphatic carbocycles. The molecule has 1 heterocycles. The molecule has 1 aliphatic rings. The van der Waals surface area contributed by atoms with Gasteiger partial charge in [-0.3, -0.25) is 9.67 Å². The lowest BCUT2D eigenvalue weighted by Gasteiger charge is -2.23. The molecular formula is C18H35IN6S. The molecule has 0 aliphatic heterocycles. The smallest absolute Gasteiger partial charge is 0.191 e. The molecule has 1 aromatic heterocycles. The highest BCUT2D eigenvalue weighted by atomic mass is 127. The van der Waals surface area contributed by atoms with Gasteiger partial charge >= 0.3 is 0 Å². The van der Waals surface area contributed by atoms with Crippen LogP contribution in [-0.4, -0.2) is 64.9 Å². The molecule has 3 unspecified atom stereocenters. The Morgan fingerprint density at radius 2 is 2.19 bits per heavy atom. The van der Waals surface area contributed by atoms with Crippen LogP contribution in [0.2, 0.25) is 0 Å². The number of hydrogen-bond acceptors (Lipinski definition) is 4. The number of halogens is 1. The number of nitrogens with one attached hydrogen (secondary N) is 2. The van der Waals surface area contributed by atoms with E-state index in [4.69, 9.17) is 4.99 Å². The van der Waals surface area contributed by atoms with Gasteiger partial charge in [-0.05, 0) is 46.0 Å². The number of aryl methyl sites for hydroxylation is 1. The summed E-state index contributed by atoms with van der Waals surface area (Å²) >= 11 is 2.09. The van der Waals surface area contributed by atoms with Crippen LogP contribution in [0.4, 0.5) is 0 Å². The Bertz CT molecular complexity index is 548. The van der Waals surface area contributed by atoms with Crippen LogP contribution >= 0.6 is 35.7 Å². The minimum Gasteiger partial charge on any atom is -0.357 e. The van der Waals surface area contributed by atoms with E-state index in [9.17, 15) is 0 Å². The van der Waals surface area contributed by atoms with E-state index in [1.807, 2.05) is 17.9 Å². The Hall–Kier alpha value is -0.480. The monoisotopic (exact) mass is 494 g/mol. The highest BCUT2D eigenvalue weighted by Gasteiger charge is 2.25. The van der Waals surface area contributed by atoms with Gasteiger partial charge in [0.05, 0.1) is 18.8 Å². The maximum atomic E-state index is 4.86. The van der Waals surface area contributed by atoms with Gasteiger partial charge in [-0.15, -0.1) is 24.0 Å². The predicted molar refractivity (Wildman–Crippen MR) is 124 cm³/mol. The number of nitrogens with zero attached hydrogens (tertiary/aromatic N) is 4. The second-order valence-electron chi connectivity index (χ2n) is 6.88. The van der Waals surface area contributed by atoms with E-state index in [-0.39, 0.29) is 30.0 Å². The predicted octanol–water partition coefficient (Wildman–Crippen LogP) is 2.87. The standard InChI is InChI=1S/C18H34N6S.HI/c1-6-19-18(22-15-8-9-16(10-15)25-7-2)20-12-17(23(3)4)14-11-21-24(5)13-14;/h11,13,15-17H,6-10,12H2,1-5H3,(H2,19,20,22);1H. The fourth-order valence-corrected chi connectivity index (χ4v) is 4.47. The average Bonchev–Trinajstić information content (AvgIpc) is 3.17. The second-order valence-corrected chi connectivity index (χ2v) is 8.46. The lowest BCUT2D eigenvalue weighted by atomic mass is 10.1. The van der Waals surface area contributed by atoms with Crippen LogP contribution in [-0.2, 0) is 7.05 Å². The third-order valence-electron chi connectivity index (χ3n) is 4.63. The highest BCUT2D eigenvalue weighted by molar-refractivity contribution is 14.0. The maximum absolute atomic E-state index is 4.86. The van der Waals surface area contributed by atoms with E-state index in [2.05, 4.69) is 66.5 Å². The Kier molecular flexibility index (Phi) is 10.9. The number of likely N-dealkylation sites (N-methyl/N-ethyl adjacent to an activating group) is 1. The minimum atomic E-state index is 0. The lowest BCUT2D eigenvalue weighted by Crippen LogP contribution is -2.43. The first-order valence-electron chi connectivity index (χ1n) is 9.34. The topological polar surface area (TPSA) is 57.5 Å². The summed E-state index contributed by atoms with van der Waals surface area (Å²) < 4.78 is 1.85. The molecule has 0 radical (unpaired) electrons. The number of aliphatic imine (C=N–C) groups is 1. The molecule has 1 aromatic rings. The van der Waals surface area contributed by atoms with Crippen molar-refractivity contribution in [2.24, 2.45) is 12.0 Å². The third kappa shape index (κ3) is 7.26. The molecule has 1 fully saturated rings. The van der Waals surface area contributed by atoms with Gasteiger partial charge in [0.1, 0.15) is 0 Å². The summed E-state index contributed by atoms with van der Waals surface area (Å²) in [5.74, 6) is 2.15. The fraction of sp³-hybridized carbons (Fsp3) is 0.778. The van der Waals surface area contributed by atoms with Crippen molar-refractivity contribution in [1.29, 1.82) is 0 Å². The fourth-order valence-electron chi connectivity index (χ4n) is 3.33. The number of rotatable bonds is 8. The molecule has 0 spiro atoms. The van der Waals surface area contributed by atoms with Crippen LogP contribution in [0, 0.1) is 0 Å². The molecule has 2 N–H and O–H groups in total. The molecule has 0 amide bonds. The summed E-state index contributed by atoms with van der Waals surface area (Å²) in [5, 5.41) is 12.1. The van der Waals surface area contributed by atoms with Crippen molar-refractivity contribution in [3.05, 3.63) is 18.0 Å². The van der Waals surface area contributed by atoms with Crippen molar-refractivity contribution in [3.8, 4) is 0 Å². The van der Waals surface area contributed by atoms with Gasteiger partial charge in [0, 0.05) is 36.6 Å². The summed E-state index contributed by atoms with van der Waals surface area (Å²) in [6.45, 7) is 5.96. The molecule has 0 saturated heterocycles. The van der Waals surface area contributed by atoms with Gasteiger partial charge in [-0.25, -0.2) is 0 Å². The van der Waals surface area contributed by atoms with Gasteiger partial charge < -0.3 is 15.5 Å². The summed E-state index contributed by atoms with van der Waals surface area (Å²) in [7, 11) is 6.14. The Labute approximate surface area is 180 Å². The van der Waals surface area contributed by atoms with E-state index in [0.717, 1.165) is 17.8 Å². The summed E-state index contributed by atoms with van der Waals surface area (Å²) in [6.07, 6.45) is 7.80. The molecule has 6 nitrogen and oxygen atoms in total. The SMILES string of the molecule is CCNC(=NCC(c1cnn(C)c1)N(C)C)NC1CCC(SCC)C1.I. The molecule has 150 valence electrons. The number of thioether (sulfide) groups is 1. The van der Waals surface area contributed by atoms with Crippen LogP contribution in [0.5, 0.6) is 0 Å². The molecule has 26 heavy (non-hydrogen) atoms. The first-order valence-corrected chi connectivity index (χ1v) is 10.4. The van der Waals surface area contributed by atoms with Crippen molar-refractivity contribution in [2.75, 3.05) is 32.9 Å². The minimum absolute atomic E-state index is 0. The largest absolute Gasteiger partial charge is 0.357 e. The van der Waals surface area contributed by atoms with Crippen LogP contribution in [0.25, 0.3) is 0 Å².